The van der Waals surface area contributed by atoms with Crippen molar-refractivity contribution in [1.82, 2.24) is 14.9 Å². The molecule has 0 spiro atoms. The number of rotatable bonds is 7. The van der Waals surface area contributed by atoms with Gasteiger partial charge in [-0.05, 0) is 52.6 Å². The van der Waals surface area contributed by atoms with Crippen LogP contribution in [0.25, 0.3) is 0 Å². The summed E-state index contributed by atoms with van der Waals surface area (Å²) in [5.41, 5.74) is 2.63. The molecule has 1 aliphatic carbocycles. The van der Waals surface area contributed by atoms with E-state index < -0.39 is 0 Å². The summed E-state index contributed by atoms with van der Waals surface area (Å²) in [5, 5.41) is 3.53. The van der Waals surface area contributed by atoms with Crippen LogP contribution in [0.15, 0.2) is 0 Å². The van der Waals surface area contributed by atoms with Crippen molar-refractivity contribution >= 4 is 5.82 Å². The summed E-state index contributed by atoms with van der Waals surface area (Å²) < 4.78 is 0. The van der Waals surface area contributed by atoms with Crippen LogP contribution in [0.5, 0.6) is 0 Å². The van der Waals surface area contributed by atoms with E-state index in [2.05, 4.69) is 34.2 Å². The number of nitrogens with zero attached hydrogens (tertiary/aromatic N) is 3. The molecule has 4 heteroatoms. The van der Waals surface area contributed by atoms with Crippen molar-refractivity contribution in [2.45, 2.75) is 52.4 Å². The highest BCUT2D eigenvalue weighted by molar-refractivity contribution is 5.47. The van der Waals surface area contributed by atoms with E-state index in [1.807, 2.05) is 6.92 Å². The molecule has 2 rings (SSSR count). The SMILES string of the molecule is CCCCN(C)CCNc1nc(C)nc2c1CCCC2. The lowest BCUT2D eigenvalue weighted by atomic mass is 9.96. The van der Waals surface area contributed by atoms with E-state index in [1.165, 1.54) is 43.5 Å². The second kappa shape index (κ2) is 7.58. The number of hydrogen-bond donors (Lipinski definition) is 1. The van der Waals surface area contributed by atoms with Crippen molar-refractivity contribution in [3.8, 4) is 0 Å². The Hall–Kier alpha value is -1.16. The van der Waals surface area contributed by atoms with Crippen molar-refractivity contribution in [2.24, 2.45) is 0 Å². The fraction of sp³-hybridized carbons (Fsp3) is 0.750. The molecule has 0 fully saturated rings. The van der Waals surface area contributed by atoms with E-state index >= 15 is 0 Å². The van der Waals surface area contributed by atoms with Gasteiger partial charge in [-0.3, -0.25) is 0 Å². The molecular formula is C16H28N4. The lowest BCUT2D eigenvalue weighted by Crippen LogP contribution is -2.27. The van der Waals surface area contributed by atoms with Crippen LogP contribution >= 0.6 is 0 Å². The lowest BCUT2D eigenvalue weighted by Gasteiger charge is -2.21. The fourth-order valence-electron chi connectivity index (χ4n) is 2.77. The number of aromatic nitrogens is 2. The van der Waals surface area contributed by atoms with Crippen LogP contribution in [0.1, 0.15) is 49.7 Å². The Morgan fingerprint density at radius 3 is 2.75 bits per heavy atom. The number of unbranched alkanes of at least 4 members (excludes halogenated alkanes) is 1. The van der Waals surface area contributed by atoms with Crippen LogP contribution in [-0.2, 0) is 12.8 Å². The number of anilines is 1. The maximum Gasteiger partial charge on any atom is 0.133 e. The second-order valence-electron chi connectivity index (χ2n) is 5.84. The van der Waals surface area contributed by atoms with Crippen LogP contribution in [-0.4, -0.2) is 41.5 Å². The van der Waals surface area contributed by atoms with Gasteiger partial charge < -0.3 is 10.2 Å². The summed E-state index contributed by atoms with van der Waals surface area (Å²) in [6, 6.07) is 0. The number of hydrogen-bond acceptors (Lipinski definition) is 4. The summed E-state index contributed by atoms with van der Waals surface area (Å²) >= 11 is 0. The van der Waals surface area contributed by atoms with Crippen LogP contribution in [0.3, 0.4) is 0 Å². The van der Waals surface area contributed by atoms with Crippen molar-refractivity contribution in [3.63, 3.8) is 0 Å². The first-order valence-electron chi connectivity index (χ1n) is 7.99. The molecule has 0 atom stereocenters. The maximum absolute atomic E-state index is 4.60. The molecule has 1 N–H and O–H groups in total. The molecule has 0 unspecified atom stereocenters. The molecule has 0 saturated carbocycles. The minimum atomic E-state index is 0.896. The molecule has 0 amide bonds. The van der Waals surface area contributed by atoms with Crippen LogP contribution in [0.2, 0.25) is 0 Å². The molecule has 0 aliphatic heterocycles. The third-order valence-corrected chi connectivity index (χ3v) is 3.97. The highest BCUT2D eigenvalue weighted by atomic mass is 15.1. The highest BCUT2D eigenvalue weighted by Crippen LogP contribution is 2.25. The summed E-state index contributed by atoms with van der Waals surface area (Å²) in [7, 11) is 2.19. The Bertz CT molecular complexity index is 431. The molecule has 0 saturated heterocycles. The van der Waals surface area contributed by atoms with Crippen molar-refractivity contribution < 1.29 is 0 Å². The number of fused-ring (bicyclic) bond motifs is 1. The quantitative estimate of drug-likeness (QED) is 0.831. The monoisotopic (exact) mass is 276 g/mol. The van der Waals surface area contributed by atoms with E-state index in [0.29, 0.717) is 0 Å². The van der Waals surface area contributed by atoms with Crippen molar-refractivity contribution in [1.29, 1.82) is 0 Å². The average Bonchev–Trinajstić information content (AvgIpc) is 2.45. The van der Waals surface area contributed by atoms with Gasteiger partial charge >= 0.3 is 0 Å². The Morgan fingerprint density at radius 1 is 1.15 bits per heavy atom. The highest BCUT2D eigenvalue weighted by Gasteiger charge is 2.16. The van der Waals surface area contributed by atoms with E-state index in [0.717, 1.165) is 37.6 Å². The van der Waals surface area contributed by atoms with E-state index in [4.69, 9.17) is 0 Å². The first kappa shape index (κ1) is 15.2. The number of likely N-dealkylation sites (N-methyl/N-ethyl adjacent to an activating group) is 1. The Morgan fingerprint density at radius 2 is 1.95 bits per heavy atom. The van der Waals surface area contributed by atoms with Gasteiger partial charge in [0.2, 0.25) is 0 Å². The smallest absolute Gasteiger partial charge is 0.133 e. The van der Waals surface area contributed by atoms with Gasteiger partial charge in [-0.1, -0.05) is 13.3 Å². The van der Waals surface area contributed by atoms with Crippen LogP contribution in [0, 0.1) is 6.92 Å². The first-order valence-corrected chi connectivity index (χ1v) is 7.99. The van der Waals surface area contributed by atoms with Gasteiger partial charge in [-0.2, -0.15) is 0 Å². The van der Waals surface area contributed by atoms with Crippen molar-refractivity contribution in [2.75, 3.05) is 32.0 Å². The third-order valence-electron chi connectivity index (χ3n) is 3.97. The lowest BCUT2D eigenvalue weighted by molar-refractivity contribution is 0.340. The normalized spacial score (nSPS) is 14.4. The molecule has 0 bridgehead atoms. The fourth-order valence-corrected chi connectivity index (χ4v) is 2.77. The molecule has 112 valence electrons. The van der Waals surface area contributed by atoms with Crippen LogP contribution < -0.4 is 5.32 Å². The van der Waals surface area contributed by atoms with Crippen molar-refractivity contribution in [3.05, 3.63) is 17.1 Å². The zero-order valence-corrected chi connectivity index (χ0v) is 13.2. The minimum Gasteiger partial charge on any atom is -0.368 e. The Kier molecular flexibility index (Phi) is 5.77. The molecule has 1 heterocycles. The average molecular weight is 276 g/mol. The number of nitrogens with one attached hydrogen (secondary N) is 1. The zero-order chi connectivity index (χ0) is 14.4. The van der Waals surface area contributed by atoms with Gasteiger partial charge in [-0.15, -0.1) is 0 Å². The minimum absolute atomic E-state index is 0.896. The maximum atomic E-state index is 4.60. The first-order chi connectivity index (χ1) is 9.70. The summed E-state index contributed by atoms with van der Waals surface area (Å²) in [6.45, 7) is 7.44. The van der Waals surface area contributed by atoms with Crippen LogP contribution in [0.4, 0.5) is 5.82 Å². The van der Waals surface area contributed by atoms with Gasteiger partial charge in [0.25, 0.3) is 0 Å². The second-order valence-corrected chi connectivity index (χ2v) is 5.84. The zero-order valence-electron chi connectivity index (χ0n) is 13.2. The van der Waals surface area contributed by atoms with E-state index in [1.54, 1.807) is 0 Å². The molecule has 1 aromatic rings. The van der Waals surface area contributed by atoms with Gasteiger partial charge in [0.05, 0.1) is 0 Å². The largest absolute Gasteiger partial charge is 0.368 e. The van der Waals surface area contributed by atoms with Gasteiger partial charge in [0, 0.05) is 24.3 Å². The van der Waals surface area contributed by atoms with Gasteiger partial charge in [-0.25, -0.2) is 9.97 Å². The predicted molar refractivity (Wildman–Crippen MR) is 84.3 cm³/mol. The molecule has 1 aliphatic rings. The summed E-state index contributed by atoms with van der Waals surface area (Å²) in [4.78, 5) is 11.6. The topological polar surface area (TPSA) is 41.0 Å². The molecule has 1 aromatic heterocycles. The molecular weight excluding hydrogens is 248 g/mol. The predicted octanol–water partition coefficient (Wildman–Crippen LogP) is 2.81. The number of aryl methyl sites for hydroxylation is 2. The summed E-state index contributed by atoms with van der Waals surface area (Å²) in [5.74, 6) is 1.98. The third kappa shape index (κ3) is 4.17. The molecule has 0 aromatic carbocycles. The molecule has 20 heavy (non-hydrogen) atoms. The Balaban J connectivity index is 1.91. The molecule has 0 radical (unpaired) electrons. The van der Waals surface area contributed by atoms with E-state index in [-0.39, 0.29) is 0 Å². The van der Waals surface area contributed by atoms with E-state index in [9.17, 15) is 0 Å². The summed E-state index contributed by atoms with van der Waals surface area (Å²) in [6.07, 6.45) is 7.31. The van der Waals surface area contributed by atoms with Gasteiger partial charge in [0.15, 0.2) is 0 Å². The standard InChI is InChI=1S/C16H28N4/c1-4-5-11-20(3)12-10-17-16-14-8-6-7-9-15(14)18-13(2)19-16/h4-12H2,1-3H3,(H,17,18,19). The molecule has 4 nitrogen and oxygen atoms in total. The Labute approximate surface area is 123 Å². The van der Waals surface area contributed by atoms with Gasteiger partial charge in [0.1, 0.15) is 11.6 Å².